The first kappa shape index (κ1) is 43.8. The monoisotopic (exact) mass is 873 g/mol. The molecule has 1 amide bonds. The van der Waals surface area contributed by atoms with Gasteiger partial charge >= 0.3 is 11.9 Å². The quantitative estimate of drug-likeness (QED) is 0.0566. The Bertz CT molecular complexity index is 2430. The SMILES string of the molecule is C[C@@H](COc1ccnc2c1[C@H](C)CCC2)CC1Cc2ccc(OCCCC(=O)NC(C(=O)O)c3cccc(-c4cn[nH]c4)c3)cc2C12CCC(Nc1cccc(Cl)c1)(C(=O)O)CC2. The molecule has 13 heteroatoms. The summed E-state index contributed by atoms with van der Waals surface area (Å²) in [6, 6.07) is 21.3. The molecule has 0 saturated heterocycles. The molecule has 1 spiro atoms. The van der Waals surface area contributed by atoms with Crippen LogP contribution in [0.5, 0.6) is 11.5 Å². The fraction of sp³-hybridized carbons (Fsp3) is 0.420. The minimum absolute atomic E-state index is 0.0836. The molecular formula is C50H56ClN5O7. The van der Waals surface area contributed by atoms with E-state index in [0.29, 0.717) is 66.7 Å². The van der Waals surface area contributed by atoms with Gasteiger partial charge in [-0.15, -0.1) is 0 Å². The smallest absolute Gasteiger partial charge is 0.330 e. The molecule has 8 rings (SSSR count). The van der Waals surface area contributed by atoms with Gasteiger partial charge in [0.05, 0.1) is 19.4 Å². The van der Waals surface area contributed by atoms with Crippen LogP contribution in [0.15, 0.2) is 91.4 Å². The van der Waals surface area contributed by atoms with Crippen LogP contribution in [0.4, 0.5) is 5.69 Å². The number of carbonyl (C=O) groups excluding carboxylic acids is 1. The van der Waals surface area contributed by atoms with Crippen LogP contribution in [0.3, 0.4) is 0 Å². The molecule has 4 atom stereocenters. The number of benzene rings is 3. The fourth-order valence-electron chi connectivity index (χ4n) is 10.4. The molecule has 2 aromatic heterocycles. The summed E-state index contributed by atoms with van der Waals surface area (Å²) in [6.07, 6.45) is 13.0. The Balaban J connectivity index is 0.951. The maximum atomic E-state index is 13.1. The Labute approximate surface area is 373 Å². The van der Waals surface area contributed by atoms with Crippen molar-refractivity contribution < 1.29 is 34.1 Å². The lowest BCUT2D eigenvalue weighted by molar-refractivity contribution is -0.144. The van der Waals surface area contributed by atoms with Crippen molar-refractivity contribution in [2.75, 3.05) is 18.5 Å². The maximum absolute atomic E-state index is 13.1. The number of nitrogens with zero attached hydrogens (tertiary/aromatic N) is 2. The molecule has 5 N–H and O–H groups in total. The number of nitrogens with one attached hydrogen (secondary N) is 3. The van der Waals surface area contributed by atoms with Crippen LogP contribution in [0, 0.1) is 11.8 Å². The summed E-state index contributed by atoms with van der Waals surface area (Å²) in [5.41, 5.74) is 6.18. The molecule has 12 nitrogen and oxygen atoms in total. The number of fused-ring (bicyclic) bond motifs is 3. The Hall–Kier alpha value is -5.88. The highest BCUT2D eigenvalue weighted by Gasteiger charge is 2.54. The van der Waals surface area contributed by atoms with Gasteiger partial charge in [0.25, 0.3) is 0 Å². The molecule has 5 aromatic rings. The number of ether oxygens (including phenoxy) is 2. The number of rotatable bonds is 17. The van der Waals surface area contributed by atoms with Crippen molar-refractivity contribution in [1.82, 2.24) is 20.5 Å². The van der Waals surface area contributed by atoms with Gasteiger partial charge in [0.15, 0.2) is 6.04 Å². The van der Waals surface area contributed by atoms with E-state index in [9.17, 15) is 24.6 Å². The number of aromatic amines is 1. The van der Waals surface area contributed by atoms with E-state index in [1.807, 2.05) is 36.5 Å². The first-order valence-corrected chi connectivity index (χ1v) is 22.6. The molecule has 0 radical (unpaired) electrons. The van der Waals surface area contributed by atoms with E-state index in [1.165, 1.54) is 16.7 Å². The number of pyridine rings is 1. The number of carbonyl (C=O) groups is 3. The summed E-state index contributed by atoms with van der Waals surface area (Å²) in [5.74, 6) is 0.132. The number of aryl methyl sites for hydroxylation is 1. The molecule has 0 aliphatic heterocycles. The van der Waals surface area contributed by atoms with Gasteiger partial charge in [-0.1, -0.05) is 55.8 Å². The predicted molar refractivity (Wildman–Crippen MR) is 241 cm³/mol. The molecule has 3 aliphatic carbocycles. The van der Waals surface area contributed by atoms with E-state index in [0.717, 1.165) is 54.7 Å². The van der Waals surface area contributed by atoms with E-state index in [4.69, 9.17) is 21.1 Å². The topological polar surface area (TPSA) is 176 Å². The van der Waals surface area contributed by atoms with E-state index in [-0.39, 0.29) is 36.2 Å². The number of carboxylic acid groups (broad SMARTS) is 2. The molecule has 3 aromatic carbocycles. The normalized spacial score (nSPS) is 22.3. The van der Waals surface area contributed by atoms with Crippen molar-refractivity contribution in [3.63, 3.8) is 0 Å². The number of hydrogen-bond donors (Lipinski definition) is 5. The van der Waals surface area contributed by atoms with Gasteiger partial charge in [0.2, 0.25) is 5.91 Å². The van der Waals surface area contributed by atoms with Crippen molar-refractivity contribution >= 4 is 35.1 Å². The van der Waals surface area contributed by atoms with Gasteiger partial charge in [-0.2, -0.15) is 5.10 Å². The number of H-pyrrole nitrogens is 1. The molecular weight excluding hydrogens is 818 g/mol. The molecule has 330 valence electrons. The van der Waals surface area contributed by atoms with Crippen molar-refractivity contribution in [3.8, 4) is 22.6 Å². The average molecular weight is 874 g/mol. The van der Waals surface area contributed by atoms with Crippen molar-refractivity contribution in [1.29, 1.82) is 0 Å². The highest BCUT2D eigenvalue weighted by atomic mass is 35.5. The third-order valence-corrected chi connectivity index (χ3v) is 13.9. The number of halogens is 1. The highest BCUT2D eigenvalue weighted by Crippen LogP contribution is 2.57. The third kappa shape index (κ3) is 9.56. The lowest BCUT2D eigenvalue weighted by Gasteiger charge is -2.47. The summed E-state index contributed by atoms with van der Waals surface area (Å²) in [4.78, 5) is 43.1. The number of carboxylic acids is 2. The first-order chi connectivity index (χ1) is 30.4. The molecule has 63 heavy (non-hydrogen) atoms. The standard InChI is InChI=1S/C50H56ClN5O7/c1-31(30-63-43-16-21-52-42-12-3-7-32(2)45(42)43)23-37-25-34-14-15-40(27-41(34)49(37)17-19-50(20-18-49,48(60)61)56-39-11-5-10-38(51)26-39)62-22-6-13-44(57)55-46(47(58)59)35-9-4-8-33(24-35)36-28-53-54-29-36/h4-5,8-11,14-16,21,24,26-29,31-32,37,46,56H,3,6-7,12-13,17-20,22-23,25,30H2,1-2H3,(H,53,54)(H,55,57)(H,58,59)(H,60,61)/t31-,32-,37?,46?,49?,50?/m1/s1. The Kier molecular flexibility index (Phi) is 13.1. The van der Waals surface area contributed by atoms with Crippen LogP contribution in [-0.2, 0) is 32.6 Å². The zero-order valence-corrected chi connectivity index (χ0v) is 36.6. The molecule has 2 heterocycles. The number of anilines is 1. The van der Waals surface area contributed by atoms with E-state index in [1.54, 1.807) is 42.7 Å². The molecule has 1 fully saturated rings. The average Bonchev–Trinajstić information content (AvgIpc) is 3.91. The van der Waals surface area contributed by atoms with Crippen LogP contribution >= 0.6 is 11.6 Å². The number of hydrogen-bond acceptors (Lipinski definition) is 8. The van der Waals surface area contributed by atoms with Crippen LogP contribution in [0.1, 0.15) is 112 Å². The minimum Gasteiger partial charge on any atom is -0.494 e. The van der Waals surface area contributed by atoms with Gasteiger partial charge in [-0.3, -0.25) is 14.9 Å². The Morgan fingerprint density at radius 1 is 0.984 bits per heavy atom. The number of aromatic nitrogens is 3. The predicted octanol–water partition coefficient (Wildman–Crippen LogP) is 9.69. The number of aliphatic carboxylic acids is 2. The van der Waals surface area contributed by atoms with E-state index >= 15 is 0 Å². The summed E-state index contributed by atoms with van der Waals surface area (Å²) >= 11 is 6.31. The summed E-state index contributed by atoms with van der Waals surface area (Å²) in [5, 5.41) is 34.1. The number of amides is 1. The van der Waals surface area contributed by atoms with Crippen LogP contribution in [-0.4, -0.2) is 62.0 Å². The van der Waals surface area contributed by atoms with Crippen LogP contribution in [0.2, 0.25) is 5.02 Å². The van der Waals surface area contributed by atoms with Crippen molar-refractivity contribution in [2.24, 2.45) is 11.8 Å². The van der Waals surface area contributed by atoms with Gasteiger partial charge in [0, 0.05) is 46.3 Å². The largest absolute Gasteiger partial charge is 0.494 e. The van der Waals surface area contributed by atoms with Gasteiger partial charge < -0.3 is 30.3 Å². The maximum Gasteiger partial charge on any atom is 0.330 e. The van der Waals surface area contributed by atoms with Gasteiger partial charge in [-0.05, 0) is 152 Å². The van der Waals surface area contributed by atoms with Crippen molar-refractivity contribution in [3.05, 3.63) is 124 Å². The Morgan fingerprint density at radius 3 is 2.57 bits per heavy atom. The minimum atomic E-state index is -1.21. The lowest BCUT2D eigenvalue weighted by atomic mass is 9.59. The third-order valence-electron chi connectivity index (χ3n) is 13.7. The van der Waals surface area contributed by atoms with E-state index < -0.39 is 23.5 Å². The molecule has 0 bridgehead atoms. The van der Waals surface area contributed by atoms with Gasteiger partial charge in [0.1, 0.15) is 17.0 Å². The molecule has 3 aliphatic rings. The zero-order chi connectivity index (χ0) is 44.1. The summed E-state index contributed by atoms with van der Waals surface area (Å²) in [7, 11) is 0. The summed E-state index contributed by atoms with van der Waals surface area (Å²) < 4.78 is 12.9. The Morgan fingerprint density at radius 2 is 1.81 bits per heavy atom. The van der Waals surface area contributed by atoms with Gasteiger partial charge in [-0.25, -0.2) is 9.59 Å². The van der Waals surface area contributed by atoms with Crippen LogP contribution in [0.25, 0.3) is 11.1 Å². The highest BCUT2D eigenvalue weighted by molar-refractivity contribution is 6.30. The summed E-state index contributed by atoms with van der Waals surface area (Å²) in [6.45, 7) is 5.34. The second-order valence-electron chi connectivity index (χ2n) is 17.9. The molecule has 2 unspecified atom stereocenters. The zero-order valence-electron chi connectivity index (χ0n) is 35.9. The lowest BCUT2D eigenvalue weighted by Crippen LogP contribution is -2.53. The van der Waals surface area contributed by atoms with Crippen LogP contribution < -0.4 is 20.1 Å². The fourth-order valence-corrected chi connectivity index (χ4v) is 10.6. The van der Waals surface area contributed by atoms with E-state index in [2.05, 4.69) is 51.8 Å². The van der Waals surface area contributed by atoms with Crippen molar-refractivity contribution in [2.45, 2.75) is 107 Å². The molecule has 1 saturated carbocycles. The second-order valence-corrected chi connectivity index (χ2v) is 18.4. The first-order valence-electron chi connectivity index (χ1n) is 22.2. The second kappa shape index (κ2) is 18.8.